The molecule has 0 atom stereocenters. The SMILES string of the molecule is C=CCN(CCC)S(=O)(=O)c1cc(CO)ccc1C. The van der Waals surface area contributed by atoms with Crippen LogP contribution in [0.1, 0.15) is 24.5 Å². The molecule has 0 unspecified atom stereocenters. The van der Waals surface area contributed by atoms with Gasteiger partial charge in [-0.15, -0.1) is 6.58 Å². The highest BCUT2D eigenvalue weighted by atomic mass is 32.2. The monoisotopic (exact) mass is 283 g/mol. The number of aliphatic hydroxyl groups is 1. The van der Waals surface area contributed by atoms with Crippen LogP contribution in [0, 0.1) is 6.92 Å². The number of aryl methyl sites for hydroxylation is 1. The van der Waals surface area contributed by atoms with Gasteiger partial charge in [0.2, 0.25) is 10.0 Å². The zero-order valence-corrected chi connectivity index (χ0v) is 12.3. The minimum atomic E-state index is -3.54. The molecule has 19 heavy (non-hydrogen) atoms. The van der Waals surface area contributed by atoms with Gasteiger partial charge >= 0.3 is 0 Å². The summed E-state index contributed by atoms with van der Waals surface area (Å²) in [6, 6.07) is 4.99. The van der Waals surface area contributed by atoms with E-state index >= 15 is 0 Å². The first-order valence-corrected chi connectivity index (χ1v) is 7.72. The van der Waals surface area contributed by atoms with E-state index in [2.05, 4.69) is 6.58 Å². The maximum atomic E-state index is 12.6. The van der Waals surface area contributed by atoms with Crippen molar-refractivity contribution in [1.29, 1.82) is 0 Å². The van der Waals surface area contributed by atoms with Crippen LogP contribution >= 0.6 is 0 Å². The fraction of sp³-hybridized carbons (Fsp3) is 0.429. The van der Waals surface area contributed by atoms with E-state index in [1.54, 1.807) is 25.1 Å². The molecule has 0 saturated carbocycles. The predicted octanol–water partition coefficient (Wildman–Crippen LogP) is 2.07. The molecule has 0 saturated heterocycles. The Balaban J connectivity index is 3.27. The van der Waals surface area contributed by atoms with Crippen LogP contribution < -0.4 is 0 Å². The number of sulfonamides is 1. The molecule has 0 aliphatic carbocycles. The van der Waals surface area contributed by atoms with Crippen LogP contribution in [0.5, 0.6) is 0 Å². The van der Waals surface area contributed by atoms with Gasteiger partial charge in [0.25, 0.3) is 0 Å². The third kappa shape index (κ3) is 3.65. The molecule has 0 aliphatic rings. The highest BCUT2D eigenvalue weighted by molar-refractivity contribution is 7.89. The fourth-order valence-electron chi connectivity index (χ4n) is 1.86. The third-order valence-corrected chi connectivity index (χ3v) is 4.87. The van der Waals surface area contributed by atoms with Crippen molar-refractivity contribution in [1.82, 2.24) is 4.31 Å². The van der Waals surface area contributed by atoms with Gasteiger partial charge in [0, 0.05) is 13.1 Å². The lowest BCUT2D eigenvalue weighted by molar-refractivity contribution is 0.281. The minimum absolute atomic E-state index is 0.169. The van der Waals surface area contributed by atoms with E-state index in [1.165, 1.54) is 10.4 Å². The topological polar surface area (TPSA) is 57.6 Å². The van der Waals surface area contributed by atoms with Crippen molar-refractivity contribution in [2.24, 2.45) is 0 Å². The molecule has 1 rings (SSSR count). The summed E-state index contributed by atoms with van der Waals surface area (Å²) in [4.78, 5) is 0.259. The Bertz CT molecular complexity index is 538. The average Bonchev–Trinajstić information content (AvgIpc) is 2.39. The minimum Gasteiger partial charge on any atom is -0.392 e. The smallest absolute Gasteiger partial charge is 0.243 e. The maximum Gasteiger partial charge on any atom is 0.243 e. The van der Waals surface area contributed by atoms with Gasteiger partial charge in [-0.3, -0.25) is 0 Å². The van der Waals surface area contributed by atoms with E-state index in [9.17, 15) is 8.42 Å². The van der Waals surface area contributed by atoms with Gasteiger partial charge in [-0.2, -0.15) is 4.31 Å². The molecule has 1 aromatic carbocycles. The van der Waals surface area contributed by atoms with E-state index < -0.39 is 10.0 Å². The van der Waals surface area contributed by atoms with Gasteiger partial charge in [-0.05, 0) is 30.5 Å². The lowest BCUT2D eigenvalue weighted by Crippen LogP contribution is -2.32. The van der Waals surface area contributed by atoms with Crippen molar-refractivity contribution in [2.75, 3.05) is 13.1 Å². The van der Waals surface area contributed by atoms with Crippen molar-refractivity contribution < 1.29 is 13.5 Å². The Labute approximate surface area is 115 Å². The molecular formula is C14H21NO3S. The molecule has 106 valence electrons. The lowest BCUT2D eigenvalue weighted by Gasteiger charge is -2.21. The maximum absolute atomic E-state index is 12.6. The Morgan fingerprint density at radius 3 is 2.63 bits per heavy atom. The van der Waals surface area contributed by atoms with Gasteiger partial charge in [0.05, 0.1) is 11.5 Å². The van der Waals surface area contributed by atoms with Crippen molar-refractivity contribution in [2.45, 2.75) is 31.8 Å². The fourth-order valence-corrected chi connectivity index (χ4v) is 3.64. The summed E-state index contributed by atoms with van der Waals surface area (Å²) < 4.78 is 26.6. The highest BCUT2D eigenvalue weighted by Gasteiger charge is 2.24. The van der Waals surface area contributed by atoms with Crippen LogP contribution in [-0.2, 0) is 16.6 Å². The zero-order valence-electron chi connectivity index (χ0n) is 11.5. The summed E-state index contributed by atoms with van der Waals surface area (Å²) in [5, 5.41) is 9.14. The number of hydrogen-bond acceptors (Lipinski definition) is 3. The van der Waals surface area contributed by atoms with E-state index in [0.29, 0.717) is 24.2 Å². The molecular weight excluding hydrogens is 262 g/mol. The number of aliphatic hydroxyl groups excluding tert-OH is 1. The molecule has 1 aromatic rings. The molecule has 1 N–H and O–H groups in total. The van der Waals surface area contributed by atoms with Gasteiger partial charge in [-0.1, -0.05) is 25.1 Å². The molecule has 0 spiro atoms. The first-order chi connectivity index (χ1) is 8.97. The molecule has 0 radical (unpaired) electrons. The molecule has 5 heteroatoms. The Kier molecular flexibility index (Phi) is 5.72. The predicted molar refractivity (Wildman–Crippen MR) is 76.3 cm³/mol. The summed E-state index contributed by atoms with van der Waals surface area (Å²) in [5.74, 6) is 0. The van der Waals surface area contributed by atoms with Crippen LogP contribution in [0.3, 0.4) is 0 Å². The van der Waals surface area contributed by atoms with Gasteiger partial charge in [0.1, 0.15) is 0 Å². The molecule has 0 heterocycles. The second-order valence-corrected chi connectivity index (χ2v) is 6.32. The highest BCUT2D eigenvalue weighted by Crippen LogP contribution is 2.21. The van der Waals surface area contributed by atoms with Crippen LogP contribution in [-0.4, -0.2) is 30.9 Å². The molecule has 4 nitrogen and oxygen atoms in total. The number of nitrogens with zero attached hydrogens (tertiary/aromatic N) is 1. The summed E-state index contributed by atoms with van der Waals surface area (Å²) in [5.41, 5.74) is 1.28. The van der Waals surface area contributed by atoms with Crippen LogP contribution in [0.25, 0.3) is 0 Å². The zero-order chi connectivity index (χ0) is 14.5. The van der Waals surface area contributed by atoms with Crippen LogP contribution in [0.2, 0.25) is 0 Å². The Hall–Kier alpha value is -1.17. The van der Waals surface area contributed by atoms with Gasteiger partial charge < -0.3 is 5.11 Å². The van der Waals surface area contributed by atoms with E-state index in [-0.39, 0.29) is 11.5 Å². The van der Waals surface area contributed by atoms with E-state index in [4.69, 9.17) is 5.11 Å². The van der Waals surface area contributed by atoms with Crippen molar-refractivity contribution in [3.05, 3.63) is 42.0 Å². The van der Waals surface area contributed by atoms with E-state index in [1.807, 2.05) is 6.92 Å². The van der Waals surface area contributed by atoms with Crippen LogP contribution in [0.15, 0.2) is 35.7 Å². The van der Waals surface area contributed by atoms with E-state index in [0.717, 1.165) is 6.42 Å². The first-order valence-electron chi connectivity index (χ1n) is 6.28. The van der Waals surface area contributed by atoms with Gasteiger partial charge in [-0.25, -0.2) is 8.42 Å². The van der Waals surface area contributed by atoms with Crippen molar-refractivity contribution in [3.63, 3.8) is 0 Å². The Morgan fingerprint density at radius 1 is 1.42 bits per heavy atom. The number of hydrogen-bond donors (Lipinski definition) is 1. The molecule has 0 aliphatic heterocycles. The van der Waals surface area contributed by atoms with Crippen LogP contribution in [0.4, 0.5) is 0 Å². The summed E-state index contributed by atoms with van der Waals surface area (Å²) >= 11 is 0. The average molecular weight is 283 g/mol. The number of rotatable bonds is 7. The third-order valence-electron chi connectivity index (χ3n) is 2.86. The normalized spacial score (nSPS) is 11.8. The Morgan fingerprint density at radius 2 is 2.11 bits per heavy atom. The second-order valence-electron chi connectivity index (χ2n) is 4.41. The lowest BCUT2D eigenvalue weighted by atomic mass is 10.2. The molecule has 0 amide bonds. The van der Waals surface area contributed by atoms with Crippen molar-refractivity contribution >= 4 is 10.0 Å². The largest absolute Gasteiger partial charge is 0.392 e. The molecule has 0 aromatic heterocycles. The summed E-state index contributed by atoms with van der Waals surface area (Å²) in [7, 11) is -3.54. The number of benzene rings is 1. The quantitative estimate of drug-likeness (QED) is 0.779. The second kappa shape index (κ2) is 6.84. The summed E-state index contributed by atoms with van der Waals surface area (Å²) in [6.07, 6.45) is 2.32. The molecule has 0 bridgehead atoms. The van der Waals surface area contributed by atoms with Crippen molar-refractivity contribution in [3.8, 4) is 0 Å². The first kappa shape index (κ1) is 15.9. The molecule has 0 fully saturated rings. The summed E-state index contributed by atoms with van der Waals surface area (Å²) in [6.45, 7) is 7.87. The van der Waals surface area contributed by atoms with Gasteiger partial charge in [0.15, 0.2) is 0 Å². The standard InChI is InChI=1S/C14H21NO3S/c1-4-8-15(9-5-2)19(17,18)14-10-13(11-16)7-6-12(14)3/h4,6-7,10,16H,1,5,8-9,11H2,2-3H3.